The van der Waals surface area contributed by atoms with Crippen molar-refractivity contribution >= 4 is 43.3 Å². The molecule has 0 amide bonds. The first-order chi connectivity index (χ1) is 12.2. The van der Waals surface area contributed by atoms with Crippen molar-refractivity contribution in [1.29, 1.82) is 0 Å². The number of hydrogen-bond acceptors (Lipinski definition) is 8. The van der Waals surface area contributed by atoms with Crippen LogP contribution in [-0.4, -0.2) is 48.6 Å². The lowest BCUT2D eigenvalue weighted by Crippen LogP contribution is -2.34. The van der Waals surface area contributed by atoms with Crippen molar-refractivity contribution in [1.82, 2.24) is 20.5 Å². The van der Waals surface area contributed by atoms with Gasteiger partial charge in [-0.3, -0.25) is 10.7 Å². The van der Waals surface area contributed by atoms with Crippen molar-refractivity contribution in [2.45, 2.75) is 13.0 Å². The van der Waals surface area contributed by atoms with Crippen molar-refractivity contribution in [3.63, 3.8) is 0 Å². The summed E-state index contributed by atoms with van der Waals surface area (Å²) in [6.45, 7) is 1.80. The van der Waals surface area contributed by atoms with Crippen molar-refractivity contribution in [2.75, 3.05) is 18.1 Å². The van der Waals surface area contributed by atoms with Crippen LogP contribution in [0.2, 0.25) is 0 Å². The summed E-state index contributed by atoms with van der Waals surface area (Å²) in [5.74, 6) is -0.426. The number of halogens is 2. The fourth-order valence-corrected chi connectivity index (χ4v) is 2.73. The molecule has 0 radical (unpaired) electrons. The Morgan fingerprint density at radius 3 is 2.81 bits per heavy atom. The highest BCUT2D eigenvalue weighted by Crippen LogP contribution is 2.23. The Bertz CT molecular complexity index is 904. The fourth-order valence-electron chi connectivity index (χ4n) is 1.81. The Kier molecular flexibility index (Phi) is 6.63. The van der Waals surface area contributed by atoms with Crippen LogP contribution in [0.5, 0.6) is 0 Å². The second kappa shape index (κ2) is 8.53. The van der Waals surface area contributed by atoms with E-state index in [0.717, 1.165) is 6.26 Å². The summed E-state index contributed by atoms with van der Waals surface area (Å²) < 4.78 is 42.8. The molecule has 2 aromatic rings. The number of hydrogen-bond donors (Lipinski definition) is 4. The molecule has 10 nitrogen and oxygen atoms in total. The molecule has 1 atom stereocenters. The summed E-state index contributed by atoms with van der Waals surface area (Å²) in [5.41, 5.74) is 2.27. The van der Waals surface area contributed by atoms with E-state index < -0.39 is 15.8 Å². The van der Waals surface area contributed by atoms with Gasteiger partial charge in [0.25, 0.3) is 0 Å². The molecule has 1 unspecified atom stereocenters. The van der Waals surface area contributed by atoms with E-state index in [-0.39, 0.29) is 34.4 Å². The van der Waals surface area contributed by atoms with Gasteiger partial charge in [0.05, 0.1) is 16.4 Å². The Morgan fingerprint density at radius 2 is 2.19 bits per heavy atom. The predicted molar refractivity (Wildman–Crippen MR) is 95.4 cm³/mol. The number of aliphatic imine (C=N–C) groups is 1. The van der Waals surface area contributed by atoms with E-state index in [2.05, 4.69) is 45.9 Å². The monoisotopic (exact) mass is 450 g/mol. The minimum Gasteiger partial charge on any atom is -0.361 e. The summed E-state index contributed by atoms with van der Waals surface area (Å²) in [5, 5.41) is 19.6. The van der Waals surface area contributed by atoms with Crippen LogP contribution < -0.4 is 15.5 Å². The van der Waals surface area contributed by atoms with Crippen LogP contribution in [0.4, 0.5) is 15.9 Å². The molecule has 1 aromatic heterocycles. The third-order valence-corrected chi connectivity index (χ3v) is 4.30. The van der Waals surface area contributed by atoms with Crippen molar-refractivity contribution in [3.05, 3.63) is 34.2 Å². The first-order valence-corrected chi connectivity index (χ1v) is 9.86. The van der Waals surface area contributed by atoms with E-state index in [1.54, 1.807) is 6.92 Å². The standard InChI is InChI=1S/C13H16BrFN6O4S/c1-7(6-16-26(2,23)24)17-13-11(20-25-21-13)12(19-22)18-8-3-4-10(15)9(14)5-8/h3-5,7,16,22H,6H2,1-2H3,(H,17,21)(H,18,19). The molecular formula is C13H16BrFN6O4S. The average molecular weight is 451 g/mol. The van der Waals surface area contributed by atoms with Gasteiger partial charge >= 0.3 is 0 Å². The number of aromatic nitrogens is 2. The minimum atomic E-state index is -3.34. The van der Waals surface area contributed by atoms with Gasteiger partial charge in [-0.05, 0) is 51.4 Å². The summed E-state index contributed by atoms with van der Waals surface area (Å²) in [6, 6.07) is 3.65. The van der Waals surface area contributed by atoms with E-state index in [4.69, 9.17) is 0 Å². The van der Waals surface area contributed by atoms with Gasteiger partial charge in [0.2, 0.25) is 15.8 Å². The number of hydroxylamine groups is 1. The van der Waals surface area contributed by atoms with E-state index >= 15 is 0 Å². The summed E-state index contributed by atoms with van der Waals surface area (Å²) in [6.07, 6.45) is 1.05. The second-order valence-electron chi connectivity index (χ2n) is 5.30. The summed E-state index contributed by atoms with van der Waals surface area (Å²) >= 11 is 3.05. The van der Waals surface area contributed by atoms with E-state index in [1.165, 1.54) is 18.2 Å². The SMILES string of the molecule is CC(CNS(C)(=O)=O)Nc1nonc1C(=Nc1ccc(F)c(Br)c1)NO. The van der Waals surface area contributed by atoms with Crippen LogP contribution in [-0.2, 0) is 10.0 Å². The molecule has 0 aliphatic rings. The molecular weight excluding hydrogens is 435 g/mol. The third-order valence-electron chi connectivity index (χ3n) is 3.00. The predicted octanol–water partition coefficient (Wildman–Crippen LogP) is 1.38. The van der Waals surface area contributed by atoms with Crippen LogP contribution in [0.15, 0.2) is 32.3 Å². The maximum absolute atomic E-state index is 13.3. The Morgan fingerprint density at radius 1 is 1.46 bits per heavy atom. The molecule has 13 heteroatoms. The number of rotatable bonds is 7. The van der Waals surface area contributed by atoms with Crippen LogP contribution in [0.25, 0.3) is 0 Å². The third kappa shape index (κ3) is 5.72. The molecule has 0 aliphatic heterocycles. The molecule has 1 heterocycles. The number of anilines is 1. The van der Waals surface area contributed by atoms with Gasteiger partial charge in [0, 0.05) is 12.6 Å². The smallest absolute Gasteiger partial charge is 0.208 e. The summed E-state index contributed by atoms with van der Waals surface area (Å²) in [7, 11) is -3.34. The zero-order valence-electron chi connectivity index (χ0n) is 13.7. The van der Waals surface area contributed by atoms with E-state index in [1.807, 2.05) is 5.48 Å². The highest BCUT2D eigenvalue weighted by molar-refractivity contribution is 9.10. The molecule has 142 valence electrons. The van der Waals surface area contributed by atoms with Gasteiger partial charge in [-0.1, -0.05) is 0 Å². The quantitative estimate of drug-likeness (QED) is 0.281. The largest absolute Gasteiger partial charge is 0.361 e. The van der Waals surface area contributed by atoms with Gasteiger partial charge in [0.1, 0.15) is 5.82 Å². The Labute approximate surface area is 157 Å². The van der Waals surface area contributed by atoms with Crippen LogP contribution in [0.3, 0.4) is 0 Å². The van der Waals surface area contributed by atoms with Crippen LogP contribution in [0, 0.1) is 5.82 Å². The lowest BCUT2D eigenvalue weighted by Gasteiger charge is -2.13. The van der Waals surface area contributed by atoms with Crippen molar-refractivity contribution < 1.29 is 22.6 Å². The van der Waals surface area contributed by atoms with Gasteiger partial charge < -0.3 is 5.32 Å². The zero-order chi connectivity index (χ0) is 19.3. The lowest BCUT2D eigenvalue weighted by molar-refractivity contribution is 0.234. The van der Waals surface area contributed by atoms with Crippen LogP contribution >= 0.6 is 15.9 Å². The van der Waals surface area contributed by atoms with E-state index in [9.17, 15) is 18.0 Å². The Balaban J connectivity index is 2.20. The molecule has 0 saturated carbocycles. The molecule has 0 fully saturated rings. The van der Waals surface area contributed by atoms with Crippen molar-refractivity contribution in [2.24, 2.45) is 4.99 Å². The van der Waals surface area contributed by atoms with Gasteiger partial charge in [-0.2, -0.15) is 0 Å². The number of amidine groups is 1. The number of sulfonamides is 1. The van der Waals surface area contributed by atoms with E-state index in [0.29, 0.717) is 5.69 Å². The second-order valence-corrected chi connectivity index (χ2v) is 7.99. The molecule has 2 rings (SSSR count). The first kappa shape index (κ1) is 20.2. The molecule has 0 saturated heterocycles. The molecule has 0 aliphatic carbocycles. The molecule has 4 N–H and O–H groups in total. The highest BCUT2D eigenvalue weighted by atomic mass is 79.9. The highest BCUT2D eigenvalue weighted by Gasteiger charge is 2.19. The number of benzene rings is 1. The molecule has 26 heavy (non-hydrogen) atoms. The maximum atomic E-state index is 13.3. The summed E-state index contributed by atoms with van der Waals surface area (Å²) in [4.78, 5) is 4.12. The average Bonchev–Trinajstić information content (AvgIpc) is 3.01. The fraction of sp³-hybridized carbons (Fsp3) is 0.308. The Hall–Kier alpha value is -2.09. The number of nitrogens with zero attached hydrogens (tertiary/aromatic N) is 3. The van der Waals surface area contributed by atoms with Gasteiger partial charge in [-0.15, -0.1) is 0 Å². The molecule has 1 aromatic carbocycles. The molecule has 0 bridgehead atoms. The normalized spacial score (nSPS) is 13.5. The van der Waals surface area contributed by atoms with Gasteiger partial charge in [0.15, 0.2) is 11.5 Å². The van der Waals surface area contributed by atoms with Crippen LogP contribution in [0.1, 0.15) is 12.6 Å². The van der Waals surface area contributed by atoms with Gasteiger partial charge in [-0.25, -0.2) is 27.2 Å². The first-order valence-electron chi connectivity index (χ1n) is 7.17. The van der Waals surface area contributed by atoms with Crippen molar-refractivity contribution in [3.8, 4) is 0 Å². The maximum Gasteiger partial charge on any atom is 0.208 e. The minimum absolute atomic E-state index is 0.0548. The zero-order valence-corrected chi connectivity index (χ0v) is 16.1. The number of nitrogens with one attached hydrogen (secondary N) is 3. The molecule has 0 spiro atoms. The lowest BCUT2D eigenvalue weighted by atomic mass is 10.3. The topological polar surface area (TPSA) is 142 Å².